The van der Waals surface area contributed by atoms with Crippen molar-refractivity contribution in [3.05, 3.63) is 0 Å². The molecule has 0 aromatic heterocycles. The first-order valence-corrected chi connectivity index (χ1v) is 12.9. The molecule has 180 valence electrons. The molecular formula is C27H42O5. The van der Waals surface area contributed by atoms with E-state index in [0.29, 0.717) is 54.1 Å². The van der Waals surface area contributed by atoms with Crippen molar-refractivity contribution in [1.29, 1.82) is 0 Å². The van der Waals surface area contributed by atoms with Crippen molar-refractivity contribution in [3.8, 4) is 0 Å². The summed E-state index contributed by atoms with van der Waals surface area (Å²) in [5.74, 6) is 3.00. The molecule has 0 aliphatic heterocycles. The minimum absolute atomic E-state index is 0.0539. The van der Waals surface area contributed by atoms with Crippen LogP contribution in [0.2, 0.25) is 0 Å². The summed E-state index contributed by atoms with van der Waals surface area (Å²) < 4.78 is 10.4. The molecule has 0 bridgehead atoms. The van der Waals surface area contributed by atoms with Crippen LogP contribution in [-0.2, 0) is 23.9 Å². The molecule has 9 atom stereocenters. The highest BCUT2D eigenvalue weighted by molar-refractivity contribution is 5.87. The fourth-order valence-corrected chi connectivity index (χ4v) is 8.86. The minimum Gasteiger partial charge on any atom is -0.469 e. The molecule has 4 saturated carbocycles. The van der Waals surface area contributed by atoms with Gasteiger partial charge in [0.1, 0.15) is 11.9 Å². The van der Waals surface area contributed by atoms with Crippen molar-refractivity contribution >= 4 is 17.7 Å². The number of esters is 2. The molecule has 0 aromatic rings. The Kier molecular flexibility index (Phi) is 6.50. The number of hydrogen-bond acceptors (Lipinski definition) is 5. The van der Waals surface area contributed by atoms with Gasteiger partial charge in [0.05, 0.1) is 7.11 Å². The van der Waals surface area contributed by atoms with Gasteiger partial charge in [-0.1, -0.05) is 20.8 Å². The maximum absolute atomic E-state index is 13.8. The Morgan fingerprint density at radius 2 is 1.84 bits per heavy atom. The van der Waals surface area contributed by atoms with Gasteiger partial charge in [0.2, 0.25) is 0 Å². The number of hydrogen-bond donors (Lipinski definition) is 0. The summed E-state index contributed by atoms with van der Waals surface area (Å²) in [6, 6.07) is 0. The molecule has 4 aliphatic carbocycles. The second-order valence-electron chi connectivity index (χ2n) is 11.8. The Bertz CT molecular complexity index is 761. The molecule has 5 heteroatoms. The van der Waals surface area contributed by atoms with Crippen molar-refractivity contribution in [3.63, 3.8) is 0 Å². The van der Waals surface area contributed by atoms with Crippen LogP contribution in [0.15, 0.2) is 0 Å². The van der Waals surface area contributed by atoms with E-state index in [0.717, 1.165) is 38.5 Å². The lowest BCUT2D eigenvalue weighted by molar-refractivity contribution is -0.167. The average molecular weight is 447 g/mol. The van der Waals surface area contributed by atoms with E-state index in [1.54, 1.807) is 0 Å². The average Bonchev–Trinajstić information content (AvgIpc) is 3.11. The minimum atomic E-state index is -0.241. The van der Waals surface area contributed by atoms with Gasteiger partial charge >= 0.3 is 11.9 Å². The summed E-state index contributed by atoms with van der Waals surface area (Å²) in [6.07, 6.45) is 9.61. The highest BCUT2D eigenvalue weighted by Crippen LogP contribution is 2.67. The third-order valence-corrected chi connectivity index (χ3v) is 10.6. The van der Waals surface area contributed by atoms with Crippen LogP contribution in [0, 0.1) is 46.3 Å². The lowest BCUT2D eigenvalue weighted by Gasteiger charge is -2.60. The van der Waals surface area contributed by atoms with Crippen LogP contribution in [0.4, 0.5) is 0 Å². The van der Waals surface area contributed by atoms with Crippen LogP contribution < -0.4 is 0 Å². The smallest absolute Gasteiger partial charge is 0.305 e. The molecule has 0 N–H and O–H groups in total. The topological polar surface area (TPSA) is 69.7 Å². The number of ketones is 1. The first-order valence-electron chi connectivity index (χ1n) is 12.9. The number of carbonyl (C=O) groups is 3. The molecule has 0 saturated heterocycles. The van der Waals surface area contributed by atoms with Crippen molar-refractivity contribution in [2.45, 2.75) is 98.0 Å². The van der Waals surface area contributed by atoms with E-state index in [-0.39, 0.29) is 28.9 Å². The second-order valence-corrected chi connectivity index (χ2v) is 11.8. The fourth-order valence-electron chi connectivity index (χ4n) is 8.86. The lowest BCUT2D eigenvalue weighted by atomic mass is 9.44. The summed E-state index contributed by atoms with van der Waals surface area (Å²) in [5, 5.41) is 0. The Morgan fingerprint density at radius 1 is 1.09 bits per heavy atom. The third kappa shape index (κ3) is 3.81. The van der Waals surface area contributed by atoms with Gasteiger partial charge in [-0.25, -0.2) is 0 Å². The molecule has 4 rings (SSSR count). The van der Waals surface area contributed by atoms with Crippen LogP contribution in [0.1, 0.15) is 91.9 Å². The first kappa shape index (κ1) is 23.8. The monoisotopic (exact) mass is 446 g/mol. The van der Waals surface area contributed by atoms with Crippen molar-refractivity contribution < 1.29 is 23.9 Å². The molecule has 0 aromatic carbocycles. The number of fused-ring (bicyclic) bond motifs is 5. The van der Waals surface area contributed by atoms with Crippen LogP contribution in [0.5, 0.6) is 0 Å². The van der Waals surface area contributed by atoms with E-state index < -0.39 is 0 Å². The van der Waals surface area contributed by atoms with Gasteiger partial charge in [0.25, 0.3) is 0 Å². The van der Waals surface area contributed by atoms with E-state index in [2.05, 4.69) is 20.8 Å². The molecule has 0 radical (unpaired) electrons. The Morgan fingerprint density at radius 3 is 2.53 bits per heavy atom. The molecule has 0 amide bonds. The zero-order valence-electron chi connectivity index (χ0n) is 20.7. The maximum atomic E-state index is 13.8. The predicted octanol–water partition coefficient (Wildman–Crippen LogP) is 5.35. The van der Waals surface area contributed by atoms with Crippen LogP contribution >= 0.6 is 0 Å². The van der Waals surface area contributed by atoms with Gasteiger partial charge in [-0.3, -0.25) is 14.4 Å². The van der Waals surface area contributed by atoms with Gasteiger partial charge in [-0.05, 0) is 92.3 Å². The number of ether oxygens (including phenoxy) is 2. The predicted molar refractivity (Wildman–Crippen MR) is 122 cm³/mol. The number of rotatable bonds is 5. The van der Waals surface area contributed by atoms with Crippen molar-refractivity contribution in [2.75, 3.05) is 7.11 Å². The summed E-state index contributed by atoms with van der Waals surface area (Å²) in [7, 11) is 1.45. The lowest BCUT2D eigenvalue weighted by Crippen LogP contribution is -2.57. The normalized spacial score (nSPS) is 44.1. The van der Waals surface area contributed by atoms with E-state index in [1.807, 2.05) is 0 Å². The fraction of sp³-hybridized carbons (Fsp3) is 0.889. The van der Waals surface area contributed by atoms with Gasteiger partial charge < -0.3 is 9.47 Å². The van der Waals surface area contributed by atoms with Gasteiger partial charge in [-0.15, -0.1) is 0 Å². The zero-order chi connectivity index (χ0) is 23.3. The van der Waals surface area contributed by atoms with E-state index >= 15 is 0 Å². The van der Waals surface area contributed by atoms with Gasteiger partial charge in [0.15, 0.2) is 0 Å². The Balaban J connectivity index is 1.50. The van der Waals surface area contributed by atoms with E-state index in [9.17, 15) is 14.4 Å². The largest absolute Gasteiger partial charge is 0.469 e. The number of methoxy groups -OCH3 is 1. The number of Topliss-reactive ketones (excluding diaryl/α,β-unsaturated/α-hetero) is 1. The summed E-state index contributed by atoms with van der Waals surface area (Å²) in [4.78, 5) is 37.0. The molecule has 4 aliphatic rings. The Hall–Kier alpha value is -1.39. The summed E-state index contributed by atoms with van der Waals surface area (Å²) >= 11 is 0. The molecular weight excluding hydrogens is 404 g/mol. The second kappa shape index (κ2) is 8.76. The standard InChI is InChI=1S/C27H42O5/c1-16(6-11-25(30)31-5)21-9-10-22-20-8-7-18-14-19(32-17(2)28)12-13-26(18,3)23(20)15-24(29)27(21,22)4/h16,18-23H,6-15H2,1-5H3/t16-,18-,19-,20+,21?,22?,23?,26+,27-/m1/s1. The third-order valence-electron chi connectivity index (χ3n) is 10.6. The van der Waals surface area contributed by atoms with E-state index in [4.69, 9.17) is 9.47 Å². The highest BCUT2D eigenvalue weighted by Gasteiger charge is 2.64. The number of carbonyl (C=O) groups excluding carboxylic acids is 3. The molecule has 5 nitrogen and oxygen atoms in total. The highest BCUT2D eigenvalue weighted by atomic mass is 16.5. The summed E-state index contributed by atoms with van der Waals surface area (Å²) in [6.45, 7) is 8.43. The molecule has 32 heavy (non-hydrogen) atoms. The molecule has 3 unspecified atom stereocenters. The first-order chi connectivity index (χ1) is 15.1. The zero-order valence-corrected chi connectivity index (χ0v) is 20.7. The van der Waals surface area contributed by atoms with Crippen LogP contribution in [-0.4, -0.2) is 30.9 Å². The van der Waals surface area contributed by atoms with Crippen molar-refractivity contribution in [2.24, 2.45) is 46.3 Å². The van der Waals surface area contributed by atoms with Crippen molar-refractivity contribution in [1.82, 2.24) is 0 Å². The van der Waals surface area contributed by atoms with Crippen LogP contribution in [0.25, 0.3) is 0 Å². The maximum Gasteiger partial charge on any atom is 0.305 e. The molecule has 0 spiro atoms. The van der Waals surface area contributed by atoms with Gasteiger partial charge in [-0.2, -0.15) is 0 Å². The molecule has 4 fully saturated rings. The van der Waals surface area contributed by atoms with Crippen LogP contribution in [0.3, 0.4) is 0 Å². The SMILES string of the molecule is COC(=O)CC[C@@H](C)C1CCC2[C@@H]3CC[C@@H]4C[C@H](OC(C)=O)CC[C@]4(C)C3CC(=O)[C@@]21C. The molecule has 0 heterocycles. The quantitative estimate of drug-likeness (QED) is 0.533. The summed E-state index contributed by atoms with van der Waals surface area (Å²) in [5.41, 5.74) is -0.0556. The van der Waals surface area contributed by atoms with Gasteiger partial charge in [0, 0.05) is 25.2 Å². The van der Waals surface area contributed by atoms with E-state index in [1.165, 1.54) is 26.9 Å². The Labute approximate surface area is 193 Å².